The normalized spacial score (nSPS) is 30.7. The van der Waals surface area contributed by atoms with Gasteiger partial charge in [-0.2, -0.15) is 0 Å². The van der Waals surface area contributed by atoms with Gasteiger partial charge < -0.3 is 26.4 Å². The summed E-state index contributed by atoms with van der Waals surface area (Å²) in [5.41, 5.74) is 10.6. The lowest BCUT2D eigenvalue weighted by molar-refractivity contribution is -0.135. The Kier molecular flexibility index (Phi) is 7.36. The van der Waals surface area contributed by atoms with E-state index < -0.39 is 11.6 Å². The Balaban J connectivity index is 1.54. The number of hydrogen-bond acceptors (Lipinski definition) is 6. The number of nitrogens with two attached hydrogens (primary N) is 2. The van der Waals surface area contributed by atoms with Crippen LogP contribution in [0.15, 0.2) is 0 Å². The van der Waals surface area contributed by atoms with Gasteiger partial charge in [-0.15, -0.1) is 0 Å². The molecule has 0 radical (unpaired) electrons. The molecule has 3 saturated heterocycles. The van der Waals surface area contributed by atoms with E-state index >= 15 is 0 Å². The van der Waals surface area contributed by atoms with Gasteiger partial charge in [-0.1, -0.05) is 0 Å². The summed E-state index contributed by atoms with van der Waals surface area (Å²) in [5, 5.41) is 10.8. The molecule has 0 aliphatic carbocycles. The summed E-state index contributed by atoms with van der Waals surface area (Å²) in [6, 6.07) is 0.283. The van der Waals surface area contributed by atoms with E-state index in [1.165, 1.54) is 6.92 Å². The van der Waals surface area contributed by atoms with E-state index in [0.29, 0.717) is 26.2 Å². The van der Waals surface area contributed by atoms with Crippen molar-refractivity contribution < 1.29 is 19.5 Å². The molecule has 3 aliphatic heterocycles. The highest BCUT2D eigenvalue weighted by Gasteiger charge is 2.52. The standard InChI is InChI=1S/C21H37N5O4/c1-15(27)25(11-10-24-9-3-4-16(12-24)19(22)29)13-18(28)14-26-17-5-2-7-21(26,8-6-17)20(23)30/h16-18,28H,2-14H2,1H3,(H2,22,29)(H2,23,30)/t16?,17-,18?,21+/m1/s1. The molecule has 0 aromatic carbocycles. The largest absolute Gasteiger partial charge is 0.390 e. The number of carbonyl (C=O) groups is 3. The number of piperidine rings is 2. The number of primary amides is 2. The van der Waals surface area contributed by atoms with Crippen molar-refractivity contribution in [2.45, 2.75) is 69.6 Å². The van der Waals surface area contributed by atoms with E-state index in [0.717, 1.165) is 51.5 Å². The first-order valence-corrected chi connectivity index (χ1v) is 11.2. The second-order valence-electron chi connectivity index (χ2n) is 9.29. The number of fused-ring (bicyclic) bond motifs is 2. The van der Waals surface area contributed by atoms with Crippen molar-refractivity contribution in [3.63, 3.8) is 0 Å². The molecule has 5 N–H and O–H groups in total. The molecule has 4 atom stereocenters. The maximum Gasteiger partial charge on any atom is 0.237 e. The summed E-state index contributed by atoms with van der Waals surface area (Å²) in [6.45, 7) is 4.72. The highest BCUT2D eigenvalue weighted by molar-refractivity contribution is 5.85. The van der Waals surface area contributed by atoms with Crippen LogP contribution < -0.4 is 11.5 Å². The molecule has 3 rings (SSSR count). The number of rotatable bonds is 9. The fourth-order valence-corrected chi connectivity index (χ4v) is 5.63. The molecule has 3 aliphatic rings. The summed E-state index contributed by atoms with van der Waals surface area (Å²) in [7, 11) is 0. The van der Waals surface area contributed by atoms with Crippen LogP contribution in [-0.4, -0.2) is 94.5 Å². The van der Waals surface area contributed by atoms with E-state index in [1.807, 2.05) is 0 Å². The van der Waals surface area contributed by atoms with Gasteiger partial charge in [0.05, 0.1) is 12.0 Å². The first-order chi connectivity index (χ1) is 14.2. The smallest absolute Gasteiger partial charge is 0.237 e. The molecule has 3 amide bonds. The Bertz CT molecular complexity index is 655. The van der Waals surface area contributed by atoms with Crippen molar-refractivity contribution in [3.8, 4) is 0 Å². The van der Waals surface area contributed by atoms with E-state index in [2.05, 4.69) is 9.80 Å². The van der Waals surface area contributed by atoms with Crippen molar-refractivity contribution in [1.29, 1.82) is 0 Å². The van der Waals surface area contributed by atoms with Gasteiger partial charge >= 0.3 is 0 Å². The third-order valence-electron chi connectivity index (χ3n) is 7.35. The number of carbonyl (C=O) groups excluding carboxylic acids is 3. The molecule has 170 valence electrons. The number of likely N-dealkylation sites (tertiary alicyclic amines) is 1. The number of nitrogens with zero attached hydrogens (tertiary/aromatic N) is 3. The van der Waals surface area contributed by atoms with Crippen LogP contribution in [0, 0.1) is 5.92 Å². The minimum absolute atomic E-state index is 0.0938. The van der Waals surface area contributed by atoms with Gasteiger partial charge in [0.2, 0.25) is 17.7 Å². The molecule has 0 spiro atoms. The summed E-state index contributed by atoms with van der Waals surface area (Å²) in [6.07, 6.45) is 5.44. The van der Waals surface area contributed by atoms with Crippen molar-refractivity contribution in [2.24, 2.45) is 17.4 Å². The number of aliphatic hydroxyl groups is 1. The van der Waals surface area contributed by atoms with Crippen molar-refractivity contribution in [2.75, 3.05) is 39.3 Å². The zero-order valence-electron chi connectivity index (χ0n) is 18.1. The van der Waals surface area contributed by atoms with Crippen molar-refractivity contribution in [1.82, 2.24) is 14.7 Å². The molecule has 9 heteroatoms. The lowest BCUT2D eigenvalue weighted by Crippen LogP contribution is -2.60. The Labute approximate surface area is 178 Å². The number of aliphatic hydroxyl groups excluding tert-OH is 1. The maximum atomic E-state index is 12.2. The Morgan fingerprint density at radius 2 is 1.93 bits per heavy atom. The SMILES string of the molecule is CC(=O)N(CCN1CCCC(C(N)=O)C1)CC(O)CN1[C@@H]2CCC[C@@]1(C(N)=O)CC2. The van der Waals surface area contributed by atoms with Crippen LogP contribution in [0.4, 0.5) is 0 Å². The van der Waals surface area contributed by atoms with Crippen LogP contribution in [0.1, 0.15) is 51.9 Å². The zero-order chi connectivity index (χ0) is 21.9. The fourth-order valence-electron chi connectivity index (χ4n) is 5.63. The minimum atomic E-state index is -0.744. The molecule has 2 unspecified atom stereocenters. The van der Waals surface area contributed by atoms with E-state index in [9.17, 15) is 19.5 Å². The third kappa shape index (κ3) is 4.95. The minimum Gasteiger partial charge on any atom is -0.390 e. The number of β-amino-alcohol motifs (C(OH)–C–C–N with tert-alkyl or cyclic N) is 1. The highest BCUT2D eigenvalue weighted by Crippen LogP contribution is 2.43. The van der Waals surface area contributed by atoms with Gasteiger partial charge in [-0.25, -0.2) is 0 Å². The lowest BCUT2D eigenvalue weighted by atomic mass is 9.87. The predicted octanol–water partition coefficient (Wildman–Crippen LogP) is -0.734. The van der Waals surface area contributed by atoms with E-state index in [-0.39, 0.29) is 36.2 Å². The number of amides is 3. The second-order valence-corrected chi connectivity index (χ2v) is 9.29. The lowest BCUT2D eigenvalue weighted by Gasteiger charge is -2.44. The number of hydrogen-bond donors (Lipinski definition) is 3. The average Bonchev–Trinajstić information content (AvgIpc) is 2.89. The summed E-state index contributed by atoms with van der Waals surface area (Å²) < 4.78 is 0. The van der Waals surface area contributed by atoms with Crippen molar-refractivity contribution >= 4 is 17.7 Å². The molecule has 9 nitrogen and oxygen atoms in total. The first-order valence-electron chi connectivity index (χ1n) is 11.2. The fraction of sp³-hybridized carbons (Fsp3) is 0.857. The Hall–Kier alpha value is -1.71. The van der Waals surface area contributed by atoms with Gasteiger partial charge in [-0.05, 0) is 51.5 Å². The van der Waals surface area contributed by atoms with Crippen molar-refractivity contribution in [3.05, 3.63) is 0 Å². The summed E-state index contributed by atoms with van der Waals surface area (Å²) in [4.78, 5) is 41.8. The monoisotopic (exact) mass is 423 g/mol. The predicted molar refractivity (Wildman–Crippen MR) is 112 cm³/mol. The van der Waals surface area contributed by atoms with E-state index in [1.54, 1.807) is 4.90 Å². The van der Waals surface area contributed by atoms with Crippen LogP contribution in [0.3, 0.4) is 0 Å². The highest BCUT2D eigenvalue weighted by atomic mass is 16.3. The van der Waals surface area contributed by atoms with Crippen LogP contribution in [0.25, 0.3) is 0 Å². The van der Waals surface area contributed by atoms with Gasteiger partial charge in [0.1, 0.15) is 5.54 Å². The summed E-state index contributed by atoms with van der Waals surface area (Å²) in [5.74, 6) is -0.786. The van der Waals surface area contributed by atoms with Crippen LogP contribution >= 0.6 is 0 Å². The molecular weight excluding hydrogens is 386 g/mol. The average molecular weight is 424 g/mol. The third-order valence-corrected chi connectivity index (χ3v) is 7.35. The first kappa shape index (κ1) is 23.0. The molecular formula is C21H37N5O4. The molecule has 30 heavy (non-hydrogen) atoms. The van der Waals surface area contributed by atoms with Crippen LogP contribution in [-0.2, 0) is 14.4 Å². The summed E-state index contributed by atoms with van der Waals surface area (Å²) >= 11 is 0. The quantitative estimate of drug-likeness (QED) is 0.448. The van der Waals surface area contributed by atoms with Gasteiger partial charge in [0.15, 0.2) is 0 Å². The van der Waals surface area contributed by atoms with Gasteiger partial charge in [0, 0.05) is 45.7 Å². The van der Waals surface area contributed by atoms with Gasteiger partial charge in [-0.3, -0.25) is 19.3 Å². The topological polar surface area (TPSA) is 133 Å². The molecule has 2 bridgehead atoms. The van der Waals surface area contributed by atoms with E-state index in [4.69, 9.17) is 11.5 Å². The maximum absolute atomic E-state index is 12.2. The van der Waals surface area contributed by atoms with Gasteiger partial charge in [0.25, 0.3) is 0 Å². The molecule has 3 fully saturated rings. The molecule has 3 heterocycles. The van der Waals surface area contributed by atoms with Crippen LogP contribution in [0.5, 0.6) is 0 Å². The molecule has 0 aromatic heterocycles. The van der Waals surface area contributed by atoms with Crippen LogP contribution in [0.2, 0.25) is 0 Å². The molecule has 0 saturated carbocycles. The Morgan fingerprint density at radius 3 is 2.60 bits per heavy atom. The molecule has 0 aromatic rings. The second kappa shape index (κ2) is 9.62. The Morgan fingerprint density at radius 1 is 1.17 bits per heavy atom. The zero-order valence-corrected chi connectivity index (χ0v) is 18.1.